The number of methoxy groups -OCH3 is 3. The molecule has 7 rings (SSSR count). The summed E-state index contributed by atoms with van der Waals surface area (Å²) >= 11 is 12.7. The molecule has 52 heavy (non-hydrogen) atoms. The van der Waals surface area contributed by atoms with Gasteiger partial charge < -0.3 is 19.3 Å². The SMILES string of the molecule is COc1ccc([C@@]23C(=O)N(Nc4ccc(Cl)cc4Cl)C(=O)[C@@H]2C[C@@H]2C(=CC[C@@H]4C(=O)N(C(C)(C)C)C(=O)[C@@H]42)[C@@H]3c2cc(OC)c(O)c(OC)c2)cc1. The first-order chi connectivity index (χ1) is 24.7. The number of nitrogens with zero attached hydrogens (tertiary/aromatic N) is 2. The molecule has 3 aromatic carbocycles. The minimum absolute atomic E-state index is 0.0953. The van der Waals surface area contributed by atoms with Gasteiger partial charge in [-0.1, -0.05) is 47.0 Å². The van der Waals surface area contributed by atoms with Gasteiger partial charge in [-0.3, -0.25) is 29.5 Å². The van der Waals surface area contributed by atoms with Gasteiger partial charge >= 0.3 is 0 Å². The summed E-state index contributed by atoms with van der Waals surface area (Å²) in [6.45, 7) is 5.48. The molecule has 0 spiro atoms. The smallest absolute Gasteiger partial charge is 0.260 e. The normalized spacial score (nSPS) is 26.8. The van der Waals surface area contributed by atoms with Crippen LogP contribution >= 0.6 is 23.2 Å². The Labute approximate surface area is 311 Å². The van der Waals surface area contributed by atoms with Crippen LogP contribution in [0.15, 0.2) is 66.2 Å². The summed E-state index contributed by atoms with van der Waals surface area (Å²) in [6, 6.07) is 15.0. The van der Waals surface area contributed by atoms with Gasteiger partial charge in [0.15, 0.2) is 11.5 Å². The Kier molecular flexibility index (Phi) is 8.73. The Balaban J connectivity index is 1.50. The van der Waals surface area contributed by atoms with Crippen molar-refractivity contribution in [1.29, 1.82) is 0 Å². The number of nitrogens with one attached hydrogen (secondary N) is 1. The van der Waals surface area contributed by atoms with Crippen LogP contribution in [0.3, 0.4) is 0 Å². The third kappa shape index (κ3) is 5.15. The molecule has 272 valence electrons. The van der Waals surface area contributed by atoms with E-state index in [1.54, 1.807) is 48.5 Å². The van der Waals surface area contributed by atoms with Crippen molar-refractivity contribution in [2.24, 2.45) is 23.7 Å². The minimum atomic E-state index is -1.59. The molecule has 6 atom stereocenters. The van der Waals surface area contributed by atoms with E-state index in [9.17, 15) is 19.5 Å². The number of likely N-dealkylation sites (tertiary alicyclic amines) is 1. The Morgan fingerprint density at radius 3 is 2.08 bits per heavy atom. The van der Waals surface area contributed by atoms with E-state index in [1.165, 1.54) is 32.3 Å². The number of hydrogen-bond donors (Lipinski definition) is 2. The number of amides is 4. The van der Waals surface area contributed by atoms with Crippen LogP contribution in [0, 0.1) is 23.7 Å². The number of ether oxygens (including phenoxy) is 3. The summed E-state index contributed by atoms with van der Waals surface area (Å²) in [5, 5.41) is 12.6. The predicted octanol–water partition coefficient (Wildman–Crippen LogP) is 6.51. The van der Waals surface area contributed by atoms with Crippen molar-refractivity contribution in [2.75, 3.05) is 26.8 Å². The third-order valence-corrected chi connectivity index (χ3v) is 11.6. The second-order valence-electron chi connectivity index (χ2n) is 14.7. The van der Waals surface area contributed by atoms with Crippen LogP contribution < -0.4 is 19.6 Å². The van der Waals surface area contributed by atoms with Gasteiger partial charge in [0, 0.05) is 16.5 Å². The fourth-order valence-electron chi connectivity index (χ4n) is 8.96. The Hall–Kier alpha value is -4.74. The first-order valence-electron chi connectivity index (χ1n) is 17.0. The number of aromatic hydroxyl groups is 1. The van der Waals surface area contributed by atoms with Gasteiger partial charge in [-0.05, 0) is 93.1 Å². The van der Waals surface area contributed by atoms with Crippen LogP contribution in [-0.4, -0.2) is 65.5 Å². The lowest BCUT2D eigenvalue weighted by atomic mass is 9.49. The van der Waals surface area contributed by atoms with Gasteiger partial charge in [-0.15, -0.1) is 0 Å². The highest BCUT2D eigenvalue weighted by molar-refractivity contribution is 6.36. The molecular weight excluding hydrogens is 709 g/mol. The van der Waals surface area contributed by atoms with E-state index in [2.05, 4.69) is 5.43 Å². The van der Waals surface area contributed by atoms with Crippen molar-refractivity contribution in [3.05, 3.63) is 87.4 Å². The third-order valence-electron chi connectivity index (χ3n) is 11.1. The molecule has 11 nitrogen and oxygen atoms in total. The summed E-state index contributed by atoms with van der Waals surface area (Å²) in [5.41, 5.74) is 2.71. The molecular formula is C39H39Cl2N3O8. The second kappa shape index (κ2) is 12.7. The van der Waals surface area contributed by atoms with Gasteiger partial charge in [0.05, 0.1) is 55.2 Å². The second-order valence-corrected chi connectivity index (χ2v) is 15.5. The number of hydrazine groups is 1. The zero-order valence-corrected chi connectivity index (χ0v) is 31.0. The van der Waals surface area contributed by atoms with Crippen molar-refractivity contribution < 1.29 is 38.5 Å². The molecule has 1 saturated carbocycles. The summed E-state index contributed by atoms with van der Waals surface area (Å²) < 4.78 is 16.6. The molecule has 13 heteroatoms. The van der Waals surface area contributed by atoms with E-state index < -0.39 is 52.4 Å². The van der Waals surface area contributed by atoms with Crippen LogP contribution in [0.5, 0.6) is 23.0 Å². The van der Waals surface area contributed by atoms with E-state index in [4.69, 9.17) is 37.4 Å². The Morgan fingerprint density at radius 2 is 1.50 bits per heavy atom. The topological polar surface area (TPSA) is 135 Å². The Bertz CT molecular complexity index is 2020. The molecule has 0 aromatic heterocycles. The van der Waals surface area contributed by atoms with Crippen molar-refractivity contribution >= 4 is 52.5 Å². The molecule has 2 aliphatic heterocycles. The molecule has 2 heterocycles. The number of rotatable bonds is 7. The van der Waals surface area contributed by atoms with Gasteiger partial charge in [-0.2, -0.15) is 5.01 Å². The first-order valence-corrected chi connectivity index (χ1v) is 17.7. The van der Waals surface area contributed by atoms with Crippen LogP contribution in [0.2, 0.25) is 10.0 Å². The summed E-state index contributed by atoms with van der Waals surface area (Å²) in [4.78, 5) is 60.0. The lowest BCUT2D eigenvalue weighted by Crippen LogP contribution is -2.53. The van der Waals surface area contributed by atoms with Crippen molar-refractivity contribution in [3.63, 3.8) is 0 Å². The maximum atomic E-state index is 15.4. The van der Waals surface area contributed by atoms with E-state index in [-0.39, 0.29) is 52.6 Å². The molecule has 0 bridgehead atoms. The lowest BCUT2D eigenvalue weighted by Gasteiger charge is -2.50. The summed E-state index contributed by atoms with van der Waals surface area (Å²) in [5.74, 6) is -4.97. The van der Waals surface area contributed by atoms with E-state index >= 15 is 4.79 Å². The number of carbonyl (C=O) groups is 4. The number of phenolic OH excluding ortho intramolecular Hbond substituents is 1. The van der Waals surface area contributed by atoms with Gasteiger partial charge in [0.1, 0.15) is 5.75 Å². The number of allylic oxidation sites excluding steroid dienone is 2. The van der Waals surface area contributed by atoms with Crippen LogP contribution in [-0.2, 0) is 24.6 Å². The van der Waals surface area contributed by atoms with E-state index in [1.807, 2.05) is 26.8 Å². The number of halogens is 2. The van der Waals surface area contributed by atoms with Crippen molar-refractivity contribution in [2.45, 2.75) is 50.5 Å². The van der Waals surface area contributed by atoms with E-state index in [0.717, 1.165) is 10.6 Å². The average molecular weight is 749 g/mol. The molecule has 4 aliphatic rings. The van der Waals surface area contributed by atoms with Crippen molar-refractivity contribution in [1.82, 2.24) is 9.91 Å². The Morgan fingerprint density at radius 1 is 0.846 bits per heavy atom. The molecule has 3 fully saturated rings. The molecule has 2 saturated heterocycles. The van der Waals surface area contributed by atoms with Crippen LogP contribution in [0.4, 0.5) is 5.69 Å². The van der Waals surface area contributed by atoms with Crippen molar-refractivity contribution in [3.8, 4) is 23.0 Å². The largest absolute Gasteiger partial charge is 0.502 e. The molecule has 2 N–H and O–H groups in total. The number of imide groups is 2. The van der Waals surface area contributed by atoms with Gasteiger partial charge in [0.25, 0.3) is 11.8 Å². The molecule has 3 aromatic rings. The molecule has 0 unspecified atom stereocenters. The standard InChI is InChI=1S/C39H39Cl2N3O8/c1-38(2,3)43-34(46)24-13-12-23-25(31(24)36(43)48)18-26-35(47)44(42-28-14-9-21(40)17-27(28)41)37(49)39(26,20-7-10-22(50-4)11-8-20)32(23)19-15-29(51-5)33(45)30(16-19)52-6/h7-12,14-17,24-26,31-32,42,45H,13,18H2,1-6H3/t24-,25+,26-,31-,32-,39+/m0/s1. The van der Waals surface area contributed by atoms with E-state index in [0.29, 0.717) is 21.9 Å². The average Bonchev–Trinajstić information content (AvgIpc) is 3.50. The number of carbonyl (C=O) groups excluding carboxylic acids is 4. The molecule has 4 amide bonds. The van der Waals surface area contributed by atoms with Gasteiger partial charge in [0.2, 0.25) is 17.6 Å². The number of anilines is 1. The van der Waals surface area contributed by atoms with Crippen LogP contribution in [0.25, 0.3) is 0 Å². The maximum absolute atomic E-state index is 15.4. The highest BCUT2D eigenvalue weighted by Crippen LogP contribution is 2.65. The minimum Gasteiger partial charge on any atom is -0.502 e. The zero-order valence-electron chi connectivity index (χ0n) is 29.5. The fourth-order valence-corrected chi connectivity index (χ4v) is 9.41. The first kappa shape index (κ1) is 35.7. The molecule has 0 radical (unpaired) electrons. The quantitative estimate of drug-likeness (QED) is 0.205. The number of benzene rings is 3. The number of phenols is 1. The fraction of sp³-hybridized carbons (Fsp3) is 0.385. The molecule has 2 aliphatic carbocycles. The predicted molar refractivity (Wildman–Crippen MR) is 193 cm³/mol. The number of hydrogen-bond acceptors (Lipinski definition) is 9. The summed E-state index contributed by atoms with van der Waals surface area (Å²) in [7, 11) is 4.35. The number of fused-ring (bicyclic) bond motifs is 4. The highest BCUT2D eigenvalue weighted by atomic mass is 35.5. The van der Waals surface area contributed by atoms with Gasteiger partial charge in [-0.25, -0.2) is 0 Å². The monoisotopic (exact) mass is 747 g/mol. The zero-order chi connectivity index (χ0) is 37.4. The maximum Gasteiger partial charge on any atom is 0.260 e. The highest BCUT2D eigenvalue weighted by Gasteiger charge is 2.70. The lowest BCUT2D eigenvalue weighted by molar-refractivity contribution is -0.146. The summed E-state index contributed by atoms with van der Waals surface area (Å²) in [6.07, 6.45) is 2.34. The van der Waals surface area contributed by atoms with Crippen LogP contribution in [0.1, 0.15) is 50.7 Å².